The number of hydrogen-bond acceptors (Lipinski definition) is 2. The van der Waals surface area contributed by atoms with E-state index < -0.39 is 11.5 Å². The number of benzene rings is 1. The van der Waals surface area contributed by atoms with Crippen LogP contribution in [0.25, 0.3) is 11.0 Å². The smallest absolute Gasteiger partial charge is 0.170 e. The Kier molecular flexibility index (Phi) is 2.82. The molecule has 3 rings (SSSR count). The molecule has 2 aromatic rings. The molecule has 4 heteroatoms. The molecule has 1 aliphatic rings. The Bertz CT molecular complexity index is 556. The van der Waals surface area contributed by atoms with Gasteiger partial charge in [0.05, 0.1) is 0 Å². The lowest BCUT2D eigenvalue weighted by molar-refractivity contribution is 0.114. The van der Waals surface area contributed by atoms with Gasteiger partial charge in [0.15, 0.2) is 17.1 Å². The summed E-state index contributed by atoms with van der Waals surface area (Å²) in [7, 11) is 0. The molecule has 96 valence electrons. The number of halogens is 2. The van der Waals surface area contributed by atoms with Crippen molar-refractivity contribution in [2.75, 3.05) is 13.1 Å². The van der Waals surface area contributed by atoms with Crippen LogP contribution in [0.3, 0.4) is 0 Å². The van der Waals surface area contributed by atoms with Gasteiger partial charge in [0.25, 0.3) is 0 Å². The first kappa shape index (κ1) is 11.7. The van der Waals surface area contributed by atoms with Gasteiger partial charge in [0.1, 0.15) is 5.76 Å². The van der Waals surface area contributed by atoms with E-state index >= 15 is 0 Å². The standard InChI is InChI=1S/C14H15F2NO/c15-11-4-1-3-10-9-12(18-13(10)11)14(16)5-2-7-17-8-6-14/h1,3-4,9,17H,2,5-8H2. The first-order chi connectivity index (χ1) is 8.69. The Morgan fingerprint density at radius 3 is 2.94 bits per heavy atom. The van der Waals surface area contributed by atoms with E-state index in [0.29, 0.717) is 24.8 Å². The minimum atomic E-state index is -1.48. The lowest BCUT2D eigenvalue weighted by Crippen LogP contribution is -2.21. The van der Waals surface area contributed by atoms with E-state index in [9.17, 15) is 8.78 Å². The molecule has 1 saturated heterocycles. The van der Waals surface area contributed by atoms with Crippen molar-refractivity contribution < 1.29 is 13.2 Å². The minimum absolute atomic E-state index is 0.154. The summed E-state index contributed by atoms with van der Waals surface area (Å²) in [6, 6.07) is 6.30. The molecule has 1 unspecified atom stereocenters. The maximum Gasteiger partial charge on any atom is 0.170 e. The lowest BCUT2D eigenvalue weighted by Gasteiger charge is -2.20. The number of nitrogens with one attached hydrogen (secondary N) is 1. The molecule has 0 aliphatic carbocycles. The second kappa shape index (κ2) is 4.35. The summed E-state index contributed by atoms with van der Waals surface area (Å²) < 4.78 is 33.8. The summed E-state index contributed by atoms with van der Waals surface area (Å²) in [6.07, 6.45) is 1.55. The summed E-state index contributed by atoms with van der Waals surface area (Å²) in [5, 5.41) is 3.79. The predicted octanol–water partition coefficient (Wildman–Crippen LogP) is 3.51. The third-order valence-electron chi connectivity index (χ3n) is 3.56. The van der Waals surface area contributed by atoms with Gasteiger partial charge in [0.2, 0.25) is 0 Å². The molecule has 0 amide bonds. The highest BCUT2D eigenvalue weighted by molar-refractivity contribution is 5.78. The van der Waals surface area contributed by atoms with Crippen molar-refractivity contribution in [3.8, 4) is 0 Å². The van der Waals surface area contributed by atoms with E-state index in [0.717, 1.165) is 13.0 Å². The van der Waals surface area contributed by atoms with Gasteiger partial charge in [0, 0.05) is 11.8 Å². The average molecular weight is 251 g/mol. The first-order valence-electron chi connectivity index (χ1n) is 6.27. The third-order valence-corrected chi connectivity index (χ3v) is 3.56. The second-order valence-corrected chi connectivity index (χ2v) is 4.84. The monoisotopic (exact) mass is 251 g/mol. The van der Waals surface area contributed by atoms with Gasteiger partial charge in [-0.15, -0.1) is 0 Å². The summed E-state index contributed by atoms with van der Waals surface area (Å²) in [5.41, 5.74) is -1.32. The Hall–Kier alpha value is -1.42. The number of fused-ring (bicyclic) bond motifs is 1. The van der Waals surface area contributed by atoms with Gasteiger partial charge in [-0.05, 0) is 38.1 Å². The molecule has 1 N–H and O–H groups in total. The maximum absolute atomic E-state index is 14.9. The Labute approximate surface area is 104 Å². The number of hydrogen-bond donors (Lipinski definition) is 1. The number of alkyl halides is 1. The van der Waals surface area contributed by atoms with Gasteiger partial charge in [-0.2, -0.15) is 0 Å². The zero-order valence-corrected chi connectivity index (χ0v) is 10.0. The van der Waals surface area contributed by atoms with Crippen LogP contribution in [0.2, 0.25) is 0 Å². The normalized spacial score (nSPS) is 25.2. The molecular weight excluding hydrogens is 236 g/mol. The number of furan rings is 1. The van der Waals surface area contributed by atoms with Crippen LogP contribution in [-0.4, -0.2) is 13.1 Å². The molecule has 2 nitrogen and oxygen atoms in total. The summed E-state index contributed by atoms with van der Waals surface area (Å²) >= 11 is 0. The van der Waals surface area contributed by atoms with E-state index in [2.05, 4.69) is 5.32 Å². The molecule has 1 aliphatic heterocycles. The summed E-state index contributed by atoms with van der Waals surface area (Å²) in [5.74, 6) is -0.180. The SMILES string of the molecule is Fc1cccc2cc(C3(F)CCCNCC3)oc12. The van der Waals surface area contributed by atoms with Crippen molar-refractivity contribution in [3.63, 3.8) is 0 Å². The molecule has 0 radical (unpaired) electrons. The van der Waals surface area contributed by atoms with Crippen LogP contribution in [0.4, 0.5) is 8.78 Å². The fraction of sp³-hybridized carbons (Fsp3) is 0.429. The van der Waals surface area contributed by atoms with E-state index in [1.807, 2.05) is 0 Å². The third kappa shape index (κ3) is 1.90. The quantitative estimate of drug-likeness (QED) is 0.839. The van der Waals surface area contributed by atoms with E-state index in [1.165, 1.54) is 6.07 Å². The van der Waals surface area contributed by atoms with Crippen LogP contribution in [0.1, 0.15) is 25.0 Å². The molecule has 1 aromatic carbocycles. The number of rotatable bonds is 1. The minimum Gasteiger partial charge on any atom is -0.455 e. The van der Waals surface area contributed by atoms with E-state index in [-0.39, 0.29) is 11.3 Å². The van der Waals surface area contributed by atoms with Crippen LogP contribution >= 0.6 is 0 Å². The van der Waals surface area contributed by atoms with Crippen LogP contribution in [0.5, 0.6) is 0 Å². The van der Waals surface area contributed by atoms with Gasteiger partial charge in [-0.25, -0.2) is 8.78 Å². The van der Waals surface area contributed by atoms with Crippen molar-refractivity contribution in [2.45, 2.75) is 24.9 Å². The highest BCUT2D eigenvalue weighted by Crippen LogP contribution is 2.38. The van der Waals surface area contributed by atoms with E-state index in [1.54, 1.807) is 18.2 Å². The molecule has 1 atom stereocenters. The first-order valence-corrected chi connectivity index (χ1v) is 6.27. The molecular formula is C14H15F2NO. The summed E-state index contributed by atoms with van der Waals surface area (Å²) in [6.45, 7) is 1.44. The maximum atomic E-state index is 14.9. The van der Waals surface area contributed by atoms with Crippen molar-refractivity contribution in [1.82, 2.24) is 5.32 Å². The van der Waals surface area contributed by atoms with Crippen LogP contribution in [0, 0.1) is 5.82 Å². The van der Waals surface area contributed by atoms with Gasteiger partial charge in [-0.1, -0.05) is 12.1 Å². The van der Waals surface area contributed by atoms with Crippen molar-refractivity contribution in [3.05, 3.63) is 35.8 Å². The molecule has 18 heavy (non-hydrogen) atoms. The van der Waals surface area contributed by atoms with Crippen LogP contribution < -0.4 is 5.32 Å². The lowest BCUT2D eigenvalue weighted by atomic mass is 9.94. The summed E-state index contributed by atoms with van der Waals surface area (Å²) in [4.78, 5) is 0. The fourth-order valence-corrected chi connectivity index (χ4v) is 2.52. The Morgan fingerprint density at radius 2 is 2.11 bits per heavy atom. The fourth-order valence-electron chi connectivity index (χ4n) is 2.52. The predicted molar refractivity (Wildman–Crippen MR) is 65.7 cm³/mol. The zero-order valence-electron chi connectivity index (χ0n) is 10.0. The van der Waals surface area contributed by atoms with Crippen molar-refractivity contribution >= 4 is 11.0 Å². The van der Waals surface area contributed by atoms with E-state index in [4.69, 9.17) is 4.42 Å². The highest BCUT2D eigenvalue weighted by Gasteiger charge is 2.36. The Morgan fingerprint density at radius 1 is 1.22 bits per heavy atom. The molecule has 1 aromatic heterocycles. The van der Waals surface area contributed by atoms with Gasteiger partial charge in [-0.3, -0.25) is 0 Å². The van der Waals surface area contributed by atoms with Crippen LogP contribution in [-0.2, 0) is 5.67 Å². The molecule has 0 saturated carbocycles. The number of para-hydroxylation sites is 1. The van der Waals surface area contributed by atoms with Gasteiger partial charge < -0.3 is 9.73 Å². The highest BCUT2D eigenvalue weighted by atomic mass is 19.1. The molecule has 0 bridgehead atoms. The topological polar surface area (TPSA) is 25.2 Å². The average Bonchev–Trinajstić information content (AvgIpc) is 2.69. The second-order valence-electron chi connectivity index (χ2n) is 4.84. The van der Waals surface area contributed by atoms with Crippen molar-refractivity contribution in [2.24, 2.45) is 0 Å². The Balaban J connectivity index is 2.05. The molecule has 0 spiro atoms. The van der Waals surface area contributed by atoms with Crippen molar-refractivity contribution in [1.29, 1.82) is 0 Å². The zero-order chi connectivity index (χ0) is 12.6. The van der Waals surface area contributed by atoms with Crippen LogP contribution in [0.15, 0.2) is 28.7 Å². The van der Waals surface area contributed by atoms with Gasteiger partial charge >= 0.3 is 0 Å². The largest absolute Gasteiger partial charge is 0.455 e. The molecule has 2 heterocycles. The molecule has 1 fully saturated rings.